The molecule has 25 heavy (non-hydrogen) atoms. The lowest BCUT2D eigenvalue weighted by molar-refractivity contribution is 0.530. The molecule has 0 amide bonds. The van der Waals surface area contributed by atoms with Gasteiger partial charge < -0.3 is 4.90 Å². The van der Waals surface area contributed by atoms with Crippen LogP contribution in [-0.2, 0) is 22.9 Å². The van der Waals surface area contributed by atoms with E-state index in [1.807, 2.05) is 12.1 Å². The van der Waals surface area contributed by atoms with Crippen LogP contribution in [0.2, 0.25) is 0 Å². The van der Waals surface area contributed by atoms with Crippen molar-refractivity contribution in [3.05, 3.63) is 35.8 Å². The smallest absolute Gasteiger partial charge is 0.213 e. The molecule has 2 aromatic rings. The maximum absolute atomic E-state index is 11.8. The van der Waals surface area contributed by atoms with E-state index in [4.69, 9.17) is 15.1 Å². The van der Waals surface area contributed by atoms with Gasteiger partial charge in [0, 0.05) is 42.3 Å². The number of fused-ring (bicyclic) bond motifs is 1. The molecule has 0 radical (unpaired) electrons. The highest BCUT2D eigenvalue weighted by Gasteiger charge is 2.31. The highest BCUT2D eigenvalue weighted by atomic mass is 32.2. The van der Waals surface area contributed by atoms with Gasteiger partial charge in [0.2, 0.25) is 10.0 Å². The van der Waals surface area contributed by atoms with Gasteiger partial charge in [0.15, 0.2) is 5.82 Å². The molecule has 1 fully saturated rings. The summed E-state index contributed by atoms with van der Waals surface area (Å²) in [6, 6.07) is 3.81. The van der Waals surface area contributed by atoms with Crippen LogP contribution in [0.25, 0.3) is 11.4 Å². The summed E-state index contributed by atoms with van der Waals surface area (Å²) in [4.78, 5) is 15.7. The number of primary sulfonamides is 1. The van der Waals surface area contributed by atoms with E-state index in [0.29, 0.717) is 18.8 Å². The molecule has 1 unspecified atom stereocenters. The Labute approximate surface area is 147 Å². The maximum Gasteiger partial charge on any atom is 0.213 e. The molecule has 2 N–H and O–H groups in total. The lowest BCUT2D eigenvalue weighted by Crippen LogP contribution is -2.45. The number of hydrogen-bond donors (Lipinski definition) is 1. The monoisotopic (exact) mass is 359 g/mol. The van der Waals surface area contributed by atoms with Gasteiger partial charge in [0.05, 0.1) is 5.25 Å². The number of nitrogens with two attached hydrogens (primary N) is 1. The van der Waals surface area contributed by atoms with E-state index in [2.05, 4.69) is 9.88 Å². The maximum atomic E-state index is 11.8. The fraction of sp³-hybridized carbons (Fsp3) is 0.471. The number of nitrogens with zero attached hydrogens (tertiary/aromatic N) is 4. The quantitative estimate of drug-likeness (QED) is 0.886. The summed E-state index contributed by atoms with van der Waals surface area (Å²) in [5.41, 5.74) is 3.10. The van der Waals surface area contributed by atoms with Gasteiger partial charge in [-0.3, -0.25) is 4.98 Å². The second-order valence-electron chi connectivity index (χ2n) is 6.69. The van der Waals surface area contributed by atoms with Crippen LogP contribution in [0, 0.1) is 0 Å². The fourth-order valence-corrected chi connectivity index (χ4v) is 4.58. The van der Waals surface area contributed by atoms with Gasteiger partial charge in [0.1, 0.15) is 5.82 Å². The van der Waals surface area contributed by atoms with E-state index in [9.17, 15) is 8.42 Å². The van der Waals surface area contributed by atoms with Crippen molar-refractivity contribution in [2.24, 2.45) is 5.14 Å². The summed E-state index contributed by atoms with van der Waals surface area (Å²) in [5, 5.41) is 4.86. The first-order chi connectivity index (χ1) is 12.0. The third-order valence-electron chi connectivity index (χ3n) is 4.97. The van der Waals surface area contributed by atoms with Gasteiger partial charge in [-0.1, -0.05) is 0 Å². The normalized spacial score (nSPS) is 20.5. The lowest BCUT2D eigenvalue weighted by Gasteiger charge is -2.33. The van der Waals surface area contributed by atoms with E-state index in [1.54, 1.807) is 12.4 Å². The summed E-state index contributed by atoms with van der Waals surface area (Å²) >= 11 is 0. The number of pyridine rings is 1. The molecule has 0 aromatic carbocycles. The molecule has 0 spiro atoms. The Bertz CT molecular complexity index is 885. The van der Waals surface area contributed by atoms with Gasteiger partial charge in [0.25, 0.3) is 0 Å². The highest BCUT2D eigenvalue weighted by molar-refractivity contribution is 7.89. The molecular weight excluding hydrogens is 338 g/mol. The first-order valence-corrected chi connectivity index (χ1v) is 10.2. The van der Waals surface area contributed by atoms with Crippen LogP contribution in [0.5, 0.6) is 0 Å². The zero-order valence-electron chi connectivity index (χ0n) is 13.9. The molecule has 3 heterocycles. The first kappa shape index (κ1) is 16.4. The largest absolute Gasteiger partial charge is 0.355 e. The van der Waals surface area contributed by atoms with Crippen LogP contribution in [0.15, 0.2) is 24.5 Å². The number of sulfonamides is 1. The lowest BCUT2D eigenvalue weighted by atomic mass is 10.1. The molecule has 8 heteroatoms. The Balaban J connectivity index is 1.75. The number of hydrogen-bond acceptors (Lipinski definition) is 6. The van der Waals surface area contributed by atoms with Crippen LogP contribution in [-0.4, -0.2) is 41.7 Å². The van der Waals surface area contributed by atoms with Crippen molar-refractivity contribution in [2.45, 2.75) is 37.4 Å². The Morgan fingerprint density at radius 3 is 2.84 bits per heavy atom. The number of rotatable bonds is 3. The zero-order valence-corrected chi connectivity index (χ0v) is 14.7. The Morgan fingerprint density at radius 2 is 2.08 bits per heavy atom. The molecule has 4 rings (SSSR count). The second kappa shape index (κ2) is 6.34. The van der Waals surface area contributed by atoms with E-state index in [-0.39, 0.29) is 0 Å². The second-order valence-corrected chi connectivity index (χ2v) is 8.54. The molecule has 0 bridgehead atoms. The summed E-state index contributed by atoms with van der Waals surface area (Å²) < 4.78 is 23.6. The van der Waals surface area contributed by atoms with Crippen molar-refractivity contribution in [1.82, 2.24) is 15.0 Å². The molecule has 2 aromatic heterocycles. The van der Waals surface area contributed by atoms with Crippen LogP contribution >= 0.6 is 0 Å². The van der Waals surface area contributed by atoms with E-state index in [1.165, 1.54) is 0 Å². The van der Waals surface area contributed by atoms with Crippen molar-refractivity contribution in [3.8, 4) is 11.4 Å². The van der Waals surface area contributed by atoms with Crippen molar-refractivity contribution in [1.29, 1.82) is 0 Å². The van der Waals surface area contributed by atoms with Crippen molar-refractivity contribution < 1.29 is 8.42 Å². The topological polar surface area (TPSA) is 102 Å². The van der Waals surface area contributed by atoms with Crippen LogP contribution in [0.1, 0.15) is 30.5 Å². The molecule has 1 aliphatic carbocycles. The predicted octanol–water partition coefficient (Wildman–Crippen LogP) is 1.28. The van der Waals surface area contributed by atoms with E-state index in [0.717, 1.165) is 54.9 Å². The highest BCUT2D eigenvalue weighted by Crippen LogP contribution is 2.33. The average Bonchev–Trinajstić information content (AvgIpc) is 3.09. The number of piperidine rings is 1. The van der Waals surface area contributed by atoms with Gasteiger partial charge in [-0.05, 0) is 44.2 Å². The molecular formula is C17H21N5O2S. The summed E-state index contributed by atoms with van der Waals surface area (Å²) in [5.74, 6) is 1.52. The predicted molar refractivity (Wildman–Crippen MR) is 95.6 cm³/mol. The van der Waals surface area contributed by atoms with E-state index >= 15 is 0 Å². The van der Waals surface area contributed by atoms with Gasteiger partial charge in [-0.15, -0.1) is 0 Å². The molecule has 1 atom stereocenters. The van der Waals surface area contributed by atoms with Crippen LogP contribution in [0.4, 0.5) is 5.82 Å². The Morgan fingerprint density at radius 1 is 1.20 bits per heavy atom. The van der Waals surface area contributed by atoms with E-state index < -0.39 is 15.3 Å². The molecule has 132 valence electrons. The number of aryl methyl sites for hydroxylation is 1. The van der Waals surface area contributed by atoms with Crippen molar-refractivity contribution in [3.63, 3.8) is 0 Å². The molecule has 0 saturated carbocycles. The average molecular weight is 359 g/mol. The van der Waals surface area contributed by atoms with Gasteiger partial charge >= 0.3 is 0 Å². The molecule has 7 nitrogen and oxygen atoms in total. The third kappa shape index (κ3) is 3.23. The standard InChI is InChI=1S/C17H21N5O2S/c18-25(23,24)13-5-3-9-22(11-13)17-14-6-1-7-15(14)20-16(21-17)12-4-2-8-19-10-12/h2,4,8,10,13H,1,3,5-7,9,11H2,(H2,18,23,24). The summed E-state index contributed by atoms with van der Waals surface area (Å²) in [6.45, 7) is 1.19. The number of aromatic nitrogens is 3. The zero-order chi connectivity index (χ0) is 17.4. The molecule has 1 saturated heterocycles. The minimum Gasteiger partial charge on any atom is -0.355 e. The van der Waals surface area contributed by atoms with Gasteiger partial charge in [-0.25, -0.2) is 23.5 Å². The minimum absolute atomic E-state index is 0.398. The molecule has 1 aliphatic heterocycles. The minimum atomic E-state index is -3.54. The van der Waals surface area contributed by atoms with Crippen molar-refractivity contribution in [2.75, 3.05) is 18.0 Å². The van der Waals surface area contributed by atoms with Crippen molar-refractivity contribution >= 4 is 15.8 Å². The third-order valence-corrected chi connectivity index (χ3v) is 6.29. The summed E-state index contributed by atoms with van der Waals surface area (Å²) in [6.07, 6.45) is 7.81. The Kier molecular flexibility index (Phi) is 4.16. The Hall–Kier alpha value is -2.06. The first-order valence-electron chi connectivity index (χ1n) is 8.59. The molecule has 2 aliphatic rings. The fourth-order valence-electron chi connectivity index (χ4n) is 3.70. The summed E-state index contributed by atoms with van der Waals surface area (Å²) in [7, 11) is -3.54. The SMILES string of the molecule is NS(=O)(=O)C1CCCN(c2nc(-c3cccnc3)nc3c2CCC3)C1. The number of anilines is 1. The van der Waals surface area contributed by atoms with Crippen LogP contribution in [0.3, 0.4) is 0 Å². The van der Waals surface area contributed by atoms with Crippen LogP contribution < -0.4 is 10.0 Å². The van der Waals surface area contributed by atoms with Gasteiger partial charge in [-0.2, -0.15) is 0 Å².